The lowest BCUT2D eigenvalue weighted by Crippen LogP contribution is -2.30. The minimum atomic E-state index is -0.280. The van der Waals surface area contributed by atoms with Crippen LogP contribution in [0.4, 0.5) is 4.39 Å². The van der Waals surface area contributed by atoms with Gasteiger partial charge in [-0.1, -0.05) is 19.9 Å². The number of carbonyl (C=O) groups is 1. The van der Waals surface area contributed by atoms with E-state index in [1.165, 1.54) is 12.1 Å². The van der Waals surface area contributed by atoms with Crippen molar-refractivity contribution in [1.29, 1.82) is 0 Å². The standard InChI is InChI=1S/C16H23FN2O/c1-16(2)6-5-15(20)19(8-7-16)11-12-3-4-14(17)9-13(12)10-18/h3-4,9H,5-8,10-11,18H2,1-2H3. The largest absolute Gasteiger partial charge is 0.338 e. The van der Waals surface area contributed by atoms with Crippen molar-refractivity contribution in [3.8, 4) is 0 Å². The van der Waals surface area contributed by atoms with Gasteiger partial charge in [-0.25, -0.2) is 4.39 Å². The summed E-state index contributed by atoms with van der Waals surface area (Å²) in [6, 6.07) is 4.63. The van der Waals surface area contributed by atoms with Crippen molar-refractivity contribution >= 4 is 5.91 Å². The molecule has 0 unspecified atom stereocenters. The number of carbonyl (C=O) groups excluding carboxylic acids is 1. The van der Waals surface area contributed by atoms with Gasteiger partial charge in [-0.2, -0.15) is 0 Å². The average molecular weight is 278 g/mol. The number of nitrogens with two attached hydrogens (primary N) is 1. The molecule has 20 heavy (non-hydrogen) atoms. The third-order valence-electron chi connectivity index (χ3n) is 4.18. The Bertz CT molecular complexity index is 499. The minimum absolute atomic E-state index is 0.183. The van der Waals surface area contributed by atoms with Crippen LogP contribution in [-0.4, -0.2) is 17.4 Å². The highest BCUT2D eigenvalue weighted by Crippen LogP contribution is 2.31. The number of hydrogen-bond acceptors (Lipinski definition) is 2. The van der Waals surface area contributed by atoms with Crippen LogP contribution in [0.15, 0.2) is 18.2 Å². The molecule has 1 fully saturated rings. The van der Waals surface area contributed by atoms with Crippen LogP contribution in [0, 0.1) is 11.2 Å². The van der Waals surface area contributed by atoms with Crippen LogP contribution in [0.2, 0.25) is 0 Å². The molecule has 0 atom stereocenters. The predicted molar refractivity (Wildman–Crippen MR) is 77.3 cm³/mol. The molecular formula is C16H23FN2O. The first-order chi connectivity index (χ1) is 9.41. The molecule has 0 aliphatic carbocycles. The zero-order valence-electron chi connectivity index (χ0n) is 12.3. The predicted octanol–water partition coefficient (Wildman–Crippen LogP) is 2.82. The van der Waals surface area contributed by atoms with Crippen molar-refractivity contribution in [2.75, 3.05) is 6.54 Å². The molecule has 1 heterocycles. The molecule has 110 valence electrons. The van der Waals surface area contributed by atoms with Crippen LogP contribution in [0.1, 0.15) is 44.2 Å². The first-order valence-corrected chi connectivity index (χ1v) is 7.16. The first kappa shape index (κ1) is 15.0. The Kier molecular flexibility index (Phi) is 4.43. The van der Waals surface area contributed by atoms with Gasteiger partial charge in [-0.3, -0.25) is 4.79 Å². The van der Waals surface area contributed by atoms with Crippen molar-refractivity contribution in [3.05, 3.63) is 35.1 Å². The van der Waals surface area contributed by atoms with Crippen molar-refractivity contribution < 1.29 is 9.18 Å². The van der Waals surface area contributed by atoms with E-state index >= 15 is 0 Å². The van der Waals surface area contributed by atoms with Crippen LogP contribution in [-0.2, 0) is 17.9 Å². The minimum Gasteiger partial charge on any atom is -0.338 e. The second-order valence-corrected chi connectivity index (χ2v) is 6.35. The van der Waals surface area contributed by atoms with Gasteiger partial charge in [0.15, 0.2) is 0 Å². The lowest BCUT2D eigenvalue weighted by Gasteiger charge is -2.24. The van der Waals surface area contributed by atoms with Crippen molar-refractivity contribution in [2.45, 2.75) is 46.2 Å². The van der Waals surface area contributed by atoms with Crippen LogP contribution in [0.5, 0.6) is 0 Å². The summed E-state index contributed by atoms with van der Waals surface area (Å²) in [6.45, 7) is 5.98. The fourth-order valence-electron chi connectivity index (χ4n) is 2.60. The molecule has 0 bridgehead atoms. The molecule has 2 rings (SSSR count). The van der Waals surface area contributed by atoms with Gasteiger partial charge in [0.2, 0.25) is 5.91 Å². The lowest BCUT2D eigenvalue weighted by molar-refractivity contribution is -0.131. The number of nitrogens with zero attached hydrogens (tertiary/aromatic N) is 1. The lowest BCUT2D eigenvalue weighted by atomic mass is 9.85. The monoisotopic (exact) mass is 278 g/mol. The van der Waals surface area contributed by atoms with Gasteiger partial charge in [0.05, 0.1) is 0 Å². The van der Waals surface area contributed by atoms with Crippen LogP contribution >= 0.6 is 0 Å². The van der Waals surface area contributed by atoms with Crippen molar-refractivity contribution in [2.24, 2.45) is 11.1 Å². The third kappa shape index (κ3) is 3.57. The summed E-state index contributed by atoms with van der Waals surface area (Å²) >= 11 is 0. The highest BCUT2D eigenvalue weighted by molar-refractivity contribution is 5.76. The summed E-state index contributed by atoms with van der Waals surface area (Å²) in [6.07, 6.45) is 2.51. The number of halogens is 1. The highest BCUT2D eigenvalue weighted by Gasteiger charge is 2.27. The Hall–Kier alpha value is -1.42. The third-order valence-corrected chi connectivity index (χ3v) is 4.18. The van der Waals surface area contributed by atoms with E-state index in [4.69, 9.17) is 5.73 Å². The molecule has 0 radical (unpaired) electrons. The Morgan fingerprint density at radius 2 is 2.05 bits per heavy atom. The number of rotatable bonds is 3. The van der Waals surface area contributed by atoms with Gasteiger partial charge in [0.1, 0.15) is 5.82 Å². The molecule has 1 aromatic carbocycles. The SMILES string of the molecule is CC1(C)CCC(=O)N(Cc2ccc(F)cc2CN)CC1. The topological polar surface area (TPSA) is 46.3 Å². The highest BCUT2D eigenvalue weighted by atomic mass is 19.1. The van der Waals surface area contributed by atoms with Gasteiger partial charge in [0, 0.05) is 26.1 Å². The number of amides is 1. The van der Waals surface area contributed by atoms with E-state index in [0.717, 1.165) is 30.5 Å². The fourth-order valence-corrected chi connectivity index (χ4v) is 2.60. The Morgan fingerprint density at radius 1 is 1.30 bits per heavy atom. The first-order valence-electron chi connectivity index (χ1n) is 7.16. The smallest absolute Gasteiger partial charge is 0.222 e. The van der Waals surface area contributed by atoms with Crippen molar-refractivity contribution in [1.82, 2.24) is 4.90 Å². The Morgan fingerprint density at radius 3 is 2.75 bits per heavy atom. The maximum atomic E-state index is 13.2. The van der Waals surface area contributed by atoms with E-state index < -0.39 is 0 Å². The molecule has 0 spiro atoms. The molecule has 0 aromatic heterocycles. The molecular weight excluding hydrogens is 255 g/mol. The Balaban J connectivity index is 2.14. The molecule has 0 saturated carbocycles. The van der Waals surface area contributed by atoms with Crippen LogP contribution in [0.25, 0.3) is 0 Å². The molecule has 1 aliphatic rings. The zero-order chi connectivity index (χ0) is 14.8. The second-order valence-electron chi connectivity index (χ2n) is 6.35. The van der Waals surface area contributed by atoms with Gasteiger partial charge in [0.25, 0.3) is 0 Å². The zero-order valence-corrected chi connectivity index (χ0v) is 12.3. The number of likely N-dealkylation sites (tertiary alicyclic amines) is 1. The molecule has 3 nitrogen and oxygen atoms in total. The van der Waals surface area contributed by atoms with E-state index in [2.05, 4.69) is 13.8 Å². The summed E-state index contributed by atoms with van der Waals surface area (Å²) in [7, 11) is 0. The molecule has 1 amide bonds. The van der Waals surface area contributed by atoms with Gasteiger partial charge < -0.3 is 10.6 Å². The molecule has 1 saturated heterocycles. The van der Waals surface area contributed by atoms with E-state index in [-0.39, 0.29) is 17.1 Å². The molecule has 1 aliphatic heterocycles. The normalized spacial score (nSPS) is 19.0. The Labute approximate surface area is 120 Å². The van der Waals surface area contributed by atoms with Gasteiger partial charge >= 0.3 is 0 Å². The quantitative estimate of drug-likeness (QED) is 0.924. The second kappa shape index (κ2) is 5.92. The maximum Gasteiger partial charge on any atom is 0.222 e. The van der Waals surface area contributed by atoms with Gasteiger partial charge in [-0.15, -0.1) is 0 Å². The van der Waals surface area contributed by atoms with Gasteiger partial charge in [-0.05, 0) is 41.5 Å². The molecule has 4 heteroatoms. The molecule has 2 N–H and O–H groups in total. The summed E-state index contributed by atoms with van der Waals surface area (Å²) < 4.78 is 13.2. The van der Waals surface area contributed by atoms with E-state index in [9.17, 15) is 9.18 Å². The van der Waals surface area contributed by atoms with Crippen LogP contribution in [0.3, 0.4) is 0 Å². The van der Waals surface area contributed by atoms with Crippen molar-refractivity contribution in [3.63, 3.8) is 0 Å². The van der Waals surface area contributed by atoms with E-state index in [0.29, 0.717) is 19.5 Å². The summed E-state index contributed by atoms with van der Waals surface area (Å²) in [4.78, 5) is 14.1. The van der Waals surface area contributed by atoms with E-state index in [1.54, 1.807) is 6.07 Å². The maximum absolute atomic E-state index is 13.2. The fraction of sp³-hybridized carbons (Fsp3) is 0.562. The summed E-state index contributed by atoms with van der Waals surface area (Å²) in [5, 5.41) is 0. The number of hydrogen-bond donors (Lipinski definition) is 1. The van der Waals surface area contributed by atoms with E-state index in [1.807, 2.05) is 4.90 Å². The average Bonchev–Trinajstić information content (AvgIpc) is 2.53. The molecule has 1 aromatic rings. The number of benzene rings is 1. The summed E-state index contributed by atoms with van der Waals surface area (Å²) in [5.41, 5.74) is 7.60. The summed E-state index contributed by atoms with van der Waals surface area (Å²) in [5.74, 6) is -0.0969. The van der Waals surface area contributed by atoms with Crippen LogP contribution < -0.4 is 5.73 Å².